The van der Waals surface area contributed by atoms with Gasteiger partial charge in [0.15, 0.2) is 5.96 Å². The summed E-state index contributed by atoms with van der Waals surface area (Å²) < 4.78 is 5.13. The summed E-state index contributed by atoms with van der Waals surface area (Å²) >= 11 is 0. The van der Waals surface area contributed by atoms with Crippen molar-refractivity contribution in [2.24, 2.45) is 10.7 Å². The molecular formula is C13H23IN4O. The molecule has 19 heavy (non-hydrogen) atoms. The zero-order chi connectivity index (χ0) is 13.0. The van der Waals surface area contributed by atoms with Crippen LogP contribution in [0.5, 0.6) is 0 Å². The lowest BCUT2D eigenvalue weighted by Gasteiger charge is -2.27. The molecule has 1 aromatic heterocycles. The Morgan fingerprint density at radius 3 is 2.58 bits per heavy atom. The Morgan fingerprint density at radius 2 is 2.00 bits per heavy atom. The number of guanidine groups is 1. The highest BCUT2D eigenvalue weighted by atomic mass is 127. The highest BCUT2D eigenvalue weighted by Gasteiger charge is 2.12. The number of nitrogens with two attached hydrogens (primary N) is 1. The van der Waals surface area contributed by atoms with E-state index in [-0.39, 0.29) is 24.0 Å². The van der Waals surface area contributed by atoms with E-state index in [9.17, 15) is 0 Å². The number of piperidine rings is 1. The number of aliphatic imine (C=N–C) groups is 1. The molecule has 0 unspecified atom stereocenters. The summed E-state index contributed by atoms with van der Waals surface area (Å²) in [4.78, 5) is 6.63. The Bertz CT molecular complexity index is 405. The van der Waals surface area contributed by atoms with Crippen molar-refractivity contribution in [2.45, 2.75) is 39.5 Å². The lowest BCUT2D eigenvalue weighted by molar-refractivity contribution is 0.338. The minimum atomic E-state index is 0. The van der Waals surface area contributed by atoms with Crippen LogP contribution in [0.1, 0.15) is 36.3 Å². The van der Waals surface area contributed by atoms with Crippen LogP contribution in [-0.2, 0) is 6.42 Å². The second kappa shape index (κ2) is 7.72. The zero-order valence-corrected chi connectivity index (χ0v) is 14.0. The van der Waals surface area contributed by atoms with Crippen molar-refractivity contribution in [3.8, 4) is 0 Å². The van der Waals surface area contributed by atoms with Crippen LogP contribution in [0.2, 0.25) is 0 Å². The Balaban J connectivity index is 0.00000180. The first kappa shape index (κ1) is 16.3. The third-order valence-electron chi connectivity index (χ3n) is 3.50. The molecule has 0 aliphatic carbocycles. The molecule has 0 radical (unpaired) electrons. The first-order valence-corrected chi connectivity index (χ1v) is 6.65. The molecular weight excluding hydrogens is 355 g/mol. The number of aromatic nitrogens is 1. The monoisotopic (exact) mass is 378 g/mol. The largest absolute Gasteiger partial charge is 0.370 e. The molecule has 1 aromatic rings. The fraction of sp³-hybridized carbons (Fsp3) is 0.692. The van der Waals surface area contributed by atoms with Gasteiger partial charge >= 0.3 is 0 Å². The van der Waals surface area contributed by atoms with Gasteiger partial charge in [-0.05, 0) is 39.5 Å². The predicted octanol–water partition coefficient (Wildman–Crippen LogP) is 2.25. The maximum atomic E-state index is 6.00. The standard InChI is InChI=1S/C13H22N4O.HI/c1-10-12(11(2)18-16-10)6-7-15-13(14)17-8-4-3-5-9-17;/h3-9H2,1-2H3,(H2,14,15);1H. The first-order chi connectivity index (χ1) is 8.68. The maximum absolute atomic E-state index is 6.00. The summed E-state index contributed by atoms with van der Waals surface area (Å²) in [6.45, 7) is 6.68. The molecule has 1 fully saturated rings. The van der Waals surface area contributed by atoms with Crippen LogP contribution < -0.4 is 5.73 Å². The highest BCUT2D eigenvalue weighted by Crippen LogP contribution is 2.13. The second-order valence-corrected chi connectivity index (χ2v) is 4.84. The second-order valence-electron chi connectivity index (χ2n) is 4.84. The van der Waals surface area contributed by atoms with Crippen LogP contribution in [0.15, 0.2) is 9.52 Å². The average Bonchev–Trinajstić information content (AvgIpc) is 2.71. The summed E-state index contributed by atoms with van der Waals surface area (Å²) in [5, 5.41) is 3.94. The Hall–Kier alpha value is -0.790. The van der Waals surface area contributed by atoms with Crippen molar-refractivity contribution < 1.29 is 4.52 Å². The van der Waals surface area contributed by atoms with Gasteiger partial charge in [0.2, 0.25) is 0 Å². The van der Waals surface area contributed by atoms with E-state index in [4.69, 9.17) is 10.3 Å². The number of halogens is 1. The molecule has 5 nitrogen and oxygen atoms in total. The van der Waals surface area contributed by atoms with Gasteiger partial charge in [-0.15, -0.1) is 24.0 Å². The van der Waals surface area contributed by atoms with E-state index in [1.54, 1.807) is 0 Å². The topological polar surface area (TPSA) is 67.6 Å². The van der Waals surface area contributed by atoms with Crippen molar-refractivity contribution in [3.05, 3.63) is 17.0 Å². The Morgan fingerprint density at radius 1 is 1.32 bits per heavy atom. The molecule has 0 aromatic carbocycles. The third-order valence-corrected chi connectivity index (χ3v) is 3.50. The van der Waals surface area contributed by atoms with E-state index in [0.29, 0.717) is 12.5 Å². The number of likely N-dealkylation sites (tertiary alicyclic amines) is 1. The summed E-state index contributed by atoms with van der Waals surface area (Å²) in [6.07, 6.45) is 4.60. The van der Waals surface area contributed by atoms with E-state index in [0.717, 1.165) is 36.5 Å². The number of nitrogens with zero attached hydrogens (tertiary/aromatic N) is 3. The fourth-order valence-electron chi connectivity index (χ4n) is 2.36. The van der Waals surface area contributed by atoms with Crippen LogP contribution in [0.3, 0.4) is 0 Å². The molecule has 2 rings (SSSR count). The molecule has 2 heterocycles. The van der Waals surface area contributed by atoms with Gasteiger partial charge in [0.05, 0.1) is 5.69 Å². The first-order valence-electron chi connectivity index (χ1n) is 6.65. The quantitative estimate of drug-likeness (QED) is 0.498. The van der Waals surface area contributed by atoms with Crippen LogP contribution in [0, 0.1) is 13.8 Å². The molecule has 0 spiro atoms. The van der Waals surface area contributed by atoms with Gasteiger partial charge in [0.25, 0.3) is 0 Å². The van der Waals surface area contributed by atoms with Crippen LogP contribution in [0.25, 0.3) is 0 Å². The van der Waals surface area contributed by atoms with Crippen LogP contribution >= 0.6 is 24.0 Å². The Kier molecular flexibility index (Phi) is 6.60. The smallest absolute Gasteiger partial charge is 0.191 e. The molecule has 1 aliphatic heterocycles. The summed E-state index contributed by atoms with van der Waals surface area (Å²) in [6, 6.07) is 0. The molecule has 6 heteroatoms. The average molecular weight is 378 g/mol. The molecule has 0 saturated carbocycles. The van der Waals surface area contributed by atoms with E-state index in [2.05, 4.69) is 15.0 Å². The maximum Gasteiger partial charge on any atom is 0.191 e. The van der Waals surface area contributed by atoms with E-state index in [1.165, 1.54) is 19.3 Å². The van der Waals surface area contributed by atoms with Gasteiger partial charge in [-0.2, -0.15) is 0 Å². The lowest BCUT2D eigenvalue weighted by Crippen LogP contribution is -2.41. The van der Waals surface area contributed by atoms with Crippen molar-refractivity contribution in [1.82, 2.24) is 10.1 Å². The van der Waals surface area contributed by atoms with E-state index in [1.807, 2.05) is 13.8 Å². The molecule has 0 bridgehead atoms. The predicted molar refractivity (Wildman–Crippen MR) is 87.0 cm³/mol. The number of hydrogen-bond acceptors (Lipinski definition) is 3. The van der Waals surface area contributed by atoms with Gasteiger partial charge < -0.3 is 15.2 Å². The molecule has 1 saturated heterocycles. The van der Waals surface area contributed by atoms with Crippen LogP contribution in [-0.4, -0.2) is 35.7 Å². The van der Waals surface area contributed by atoms with Gasteiger partial charge in [-0.1, -0.05) is 5.16 Å². The Labute approximate surface area is 131 Å². The lowest BCUT2D eigenvalue weighted by atomic mass is 10.1. The molecule has 1 aliphatic rings. The summed E-state index contributed by atoms with van der Waals surface area (Å²) in [5.74, 6) is 1.57. The van der Waals surface area contributed by atoms with E-state index < -0.39 is 0 Å². The number of aryl methyl sites for hydroxylation is 2. The SMILES string of the molecule is Cc1noc(C)c1CCN=C(N)N1CCCCC1.I. The van der Waals surface area contributed by atoms with Crippen molar-refractivity contribution in [1.29, 1.82) is 0 Å². The molecule has 0 amide bonds. The normalized spacial score (nSPS) is 16.3. The fourth-order valence-corrected chi connectivity index (χ4v) is 2.36. The van der Waals surface area contributed by atoms with Crippen molar-refractivity contribution in [2.75, 3.05) is 19.6 Å². The third kappa shape index (κ3) is 4.36. The number of hydrogen-bond donors (Lipinski definition) is 1. The molecule has 108 valence electrons. The van der Waals surface area contributed by atoms with E-state index >= 15 is 0 Å². The van der Waals surface area contributed by atoms with Crippen molar-refractivity contribution >= 4 is 29.9 Å². The van der Waals surface area contributed by atoms with Gasteiger partial charge in [-0.3, -0.25) is 4.99 Å². The minimum absolute atomic E-state index is 0. The summed E-state index contributed by atoms with van der Waals surface area (Å²) in [5.41, 5.74) is 8.12. The number of rotatable bonds is 3. The zero-order valence-electron chi connectivity index (χ0n) is 11.7. The highest BCUT2D eigenvalue weighted by molar-refractivity contribution is 14.0. The summed E-state index contributed by atoms with van der Waals surface area (Å²) in [7, 11) is 0. The van der Waals surface area contributed by atoms with Crippen molar-refractivity contribution in [3.63, 3.8) is 0 Å². The van der Waals surface area contributed by atoms with Gasteiger partial charge in [-0.25, -0.2) is 0 Å². The molecule has 2 N–H and O–H groups in total. The van der Waals surface area contributed by atoms with Gasteiger partial charge in [0, 0.05) is 25.2 Å². The minimum Gasteiger partial charge on any atom is -0.370 e. The van der Waals surface area contributed by atoms with Crippen LogP contribution in [0.4, 0.5) is 0 Å². The van der Waals surface area contributed by atoms with Gasteiger partial charge in [0.1, 0.15) is 5.76 Å². The molecule has 0 atom stereocenters.